The number of nitrogens with zero attached hydrogens (tertiary/aromatic N) is 1. The average Bonchev–Trinajstić information content (AvgIpc) is 2.71. The van der Waals surface area contributed by atoms with Crippen molar-refractivity contribution in [1.82, 2.24) is 15.6 Å². The number of carbonyl (C=O) groups excluding carboxylic acids is 1. The highest BCUT2D eigenvalue weighted by atomic mass is 35.5. The van der Waals surface area contributed by atoms with E-state index in [1.807, 2.05) is 0 Å². The highest BCUT2D eigenvalue weighted by Gasteiger charge is 2.33. The minimum Gasteiger partial charge on any atom is -0.350 e. The molecule has 104 valence electrons. The first-order valence-electron chi connectivity index (χ1n) is 4.86. The summed E-state index contributed by atoms with van der Waals surface area (Å²) in [5.74, 6) is -0.219. The first-order valence-corrected chi connectivity index (χ1v) is 5.74. The Labute approximate surface area is 112 Å². The standard InChI is InChI=1S/C9H12F3N3OS.ClH/c1-13-3-2-7(16)14-4-8-15-6(5-17-8)9(10,11)12;/h5,13H,2-4H2,1H3,(H,14,16);1H. The van der Waals surface area contributed by atoms with Crippen LogP contribution in [-0.4, -0.2) is 24.5 Å². The fourth-order valence-corrected chi connectivity index (χ4v) is 1.76. The van der Waals surface area contributed by atoms with E-state index < -0.39 is 11.9 Å². The van der Waals surface area contributed by atoms with E-state index in [9.17, 15) is 18.0 Å². The maximum absolute atomic E-state index is 12.2. The van der Waals surface area contributed by atoms with Gasteiger partial charge >= 0.3 is 6.18 Å². The Kier molecular flexibility index (Phi) is 7.19. The average molecular weight is 304 g/mol. The van der Waals surface area contributed by atoms with Gasteiger partial charge in [0.05, 0.1) is 6.54 Å². The maximum Gasteiger partial charge on any atom is 0.434 e. The predicted molar refractivity (Wildman–Crippen MR) is 64.8 cm³/mol. The molecule has 0 aliphatic rings. The fourth-order valence-electron chi connectivity index (χ4n) is 1.02. The molecule has 0 saturated heterocycles. The minimum atomic E-state index is -4.43. The number of carbonyl (C=O) groups is 1. The quantitative estimate of drug-likeness (QED) is 0.872. The number of nitrogens with one attached hydrogen (secondary N) is 2. The van der Waals surface area contributed by atoms with Crippen LogP contribution in [0.15, 0.2) is 5.38 Å². The topological polar surface area (TPSA) is 54.0 Å². The summed E-state index contributed by atoms with van der Waals surface area (Å²) in [6.45, 7) is 0.556. The van der Waals surface area contributed by atoms with Crippen molar-refractivity contribution in [3.05, 3.63) is 16.1 Å². The van der Waals surface area contributed by atoms with Gasteiger partial charge in [0.1, 0.15) is 5.01 Å². The summed E-state index contributed by atoms with van der Waals surface area (Å²) in [4.78, 5) is 14.6. The molecule has 1 amide bonds. The Morgan fingerprint density at radius 1 is 1.50 bits per heavy atom. The molecule has 0 bridgehead atoms. The Bertz CT molecular complexity index is 383. The van der Waals surface area contributed by atoms with E-state index in [1.54, 1.807) is 7.05 Å². The van der Waals surface area contributed by atoms with Crippen LogP contribution in [0.2, 0.25) is 0 Å². The van der Waals surface area contributed by atoms with Crippen molar-refractivity contribution in [2.24, 2.45) is 0 Å². The van der Waals surface area contributed by atoms with Crippen LogP contribution < -0.4 is 10.6 Å². The number of alkyl halides is 3. The summed E-state index contributed by atoms with van der Waals surface area (Å²) >= 11 is 0.881. The highest BCUT2D eigenvalue weighted by Crippen LogP contribution is 2.29. The zero-order chi connectivity index (χ0) is 12.9. The van der Waals surface area contributed by atoms with Crippen LogP contribution in [0.4, 0.5) is 13.2 Å². The lowest BCUT2D eigenvalue weighted by atomic mass is 10.4. The largest absolute Gasteiger partial charge is 0.434 e. The molecule has 9 heteroatoms. The third-order valence-corrected chi connectivity index (χ3v) is 2.73. The molecule has 0 unspecified atom stereocenters. The van der Waals surface area contributed by atoms with Crippen molar-refractivity contribution in [1.29, 1.82) is 0 Å². The molecule has 0 radical (unpaired) electrons. The summed E-state index contributed by atoms with van der Waals surface area (Å²) in [6, 6.07) is 0. The molecular weight excluding hydrogens is 291 g/mol. The van der Waals surface area contributed by atoms with Crippen molar-refractivity contribution < 1.29 is 18.0 Å². The first-order chi connectivity index (χ1) is 7.93. The van der Waals surface area contributed by atoms with Crippen molar-refractivity contribution in [2.45, 2.75) is 19.1 Å². The number of thiazole rings is 1. The number of aromatic nitrogens is 1. The van der Waals surface area contributed by atoms with Crippen LogP contribution >= 0.6 is 23.7 Å². The smallest absolute Gasteiger partial charge is 0.350 e. The van der Waals surface area contributed by atoms with Crippen LogP contribution in [0.5, 0.6) is 0 Å². The van der Waals surface area contributed by atoms with Crippen LogP contribution in [0.25, 0.3) is 0 Å². The van der Waals surface area contributed by atoms with E-state index in [4.69, 9.17) is 0 Å². The summed E-state index contributed by atoms with van der Waals surface area (Å²) < 4.78 is 36.6. The molecule has 0 fully saturated rings. The predicted octanol–water partition coefficient (Wildman–Crippen LogP) is 1.81. The Balaban J connectivity index is 0.00000289. The van der Waals surface area contributed by atoms with Crippen molar-refractivity contribution >= 4 is 29.7 Å². The fraction of sp³-hybridized carbons (Fsp3) is 0.556. The molecule has 2 N–H and O–H groups in total. The molecule has 0 aliphatic carbocycles. The summed E-state index contributed by atoms with van der Waals surface area (Å²) in [6.07, 6.45) is -4.14. The molecule has 1 aromatic heterocycles. The lowest BCUT2D eigenvalue weighted by Gasteiger charge is -2.02. The van der Waals surface area contributed by atoms with Crippen LogP contribution in [-0.2, 0) is 17.5 Å². The van der Waals surface area contributed by atoms with Crippen LogP contribution in [0.1, 0.15) is 17.1 Å². The third kappa shape index (κ3) is 5.65. The van der Waals surface area contributed by atoms with Gasteiger partial charge in [0.2, 0.25) is 5.91 Å². The van der Waals surface area contributed by atoms with E-state index in [0.717, 1.165) is 16.7 Å². The monoisotopic (exact) mass is 303 g/mol. The minimum absolute atomic E-state index is 0. The second-order valence-corrected chi connectivity index (χ2v) is 4.20. The molecule has 1 heterocycles. The van der Waals surface area contributed by atoms with Gasteiger partial charge in [-0.15, -0.1) is 23.7 Å². The Morgan fingerprint density at radius 3 is 2.67 bits per heavy atom. The molecule has 1 rings (SSSR count). The second kappa shape index (κ2) is 7.55. The molecule has 4 nitrogen and oxygen atoms in total. The van der Waals surface area contributed by atoms with E-state index in [1.165, 1.54) is 0 Å². The van der Waals surface area contributed by atoms with Gasteiger partial charge in [-0.3, -0.25) is 4.79 Å². The number of hydrogen-bond acceptors (Lipinski definition) is 4. The third-order valence-electron chi connectivity index (χ3n) is 1.88. The first kappa shape index (κ1) is 17.1. The molecule has 0 aromatic carbocycles. The van der Waals surface area contributed by atoms with Gasteiger partial charge in [-0.05, 0) is 7.05 Å². The normalized spacial score (nSPS) is 10.9. The number of hydrogen-bond donors (Lipinski definition) is 2. The molecule has 0 atom stereocenters. The molecule has 0 aliphatic heterocycles. The summed E-state index contributed by atoms with van der Waals surface area (Å²) in [5, 5.41) is 6.48. The van der Waals surface area contributed by atoms with E-state index in [-0.39, 0.29) is 36.3 Å². The Hall–Kier alpha value is -0.860. The summed E-state index contributed by atoms with van der Waals surface area (Å²) in [5.41, 5.74) is -0.915. The van der Waals surface area contributed by atoms with E-state index >= 15 is 0 Å². The second-order valence-electron chi connectivity index (χ2n) is 3.25. The molecule has 18 heavy (non-hydrogen) atoms. The van der Waals surface area contributed by atoms with E-state index in [0.29, 0.717) is 6.54 Å². The van der Waals surface area contributed by atoms with Crippen LogP contribution in [0, 0.1) is 0 Å². The maximum atomic E-state index is 12.2. The van der Waals surface area contributed by atoms with Gasteiger partial charge in [0.25, 0.3) is 0 Å². The van der Waals surface area contributed by atoms with E-state index in [2.05, 4.69) is 15.6 Å². The van der Waals surface area contributed by atoms with Gasteiger partial charge in [-0.1, -0.05) is 0 Å². The van der Waals surface area contributed by atoms with Crippen molar-refractivity contribution in [3.8, 4) is 0 Å². The van der Waals surface area contributed by atoms with Crippen LogP contribution in [0.3, 0.4) is 0 Å². The lowest BCUT2D eigenvalue weighted by Crippen LogP contribution is -2.26. The zero-order valence-corrected chi connectivity index (χ0v) is 11.1. The van der Waals surface area contributed by atoms with Crippen molar-refractivity contribution in [2.75, 3.05) is 13.6 Å². The number of rotatable bonds is 5. The molecular formula is C9H13ClF3N3OS. The SMILES string of the molecule is CNCCC(=O)NCc1nc(C(F)(F)F)cs1.Cl. The van der Waals surface area contributed by atoms with Gasteiger partial charge in [-0.25, -0.2) is 4.98 Å². The van der Waals surface area contributed by atoms with Gasteiger partial charge in [0.15, 0.2) is 5.69 Å². The molecule has 0 spiro atoms. The molecule has 0 saturated carbocycles. The van der Waals surface area contributed by atoms with Gasteiger partial charge in [-0.2, -0.15) is 13.2 Å². The van der Waals surface area contributed by atoms with Gasteiger partial charge in [0, 0.05) is 18.3 Å². The highest BCUT2D eigenvalue weighted by molar-refractivity contribution is 7.09. The summed E-state index contributed by atoms with van der Waals surface area (Å²) in [7, 11) is 1.71. The van der Waals surface area contributed by atoms with Gasteiger partial charge < -0.3 is 10.6 Å². The van der Waals surface area contributed by atoms with Crippen molar-refractivity contribution in [3.63, 3.8) is 0 Å². The Morgan fingerprint density at radius 2 is 2.17 bits per heavy atom. The number of halogens is 4. The zero-order valence-electron chi connectivity index (χ0n) is 9.50. The lowest BCUT2D eigenvalue weighted by molar-refractivity contribution is -0.140. The molecule has 1 aromatic rings. The number of amides is 1.